The molecule has 1 aliphatic heterocycles. The maximum absolute atomic E-state index is 12.0. The van der Waals surface area contributed by atoms with Crippen LogP contribution in [-0.2, 0) is 4.74 Å². The van der Waals surface area contributed by atoms with Crippen LogP contribution in [-0.4, -0.2) is 38.3 Å². The van der Waals surface area contributed by atoms with E-state index in [-0.39, 0.29) is 5.91 Å². The Morgan fingerprint density at radius 3 is 3.05 bits per heavy atom. The van der Waals surface area contributed by atoms with Gasteiger partial charge < -0.3 is 15.4 Å². The van der Waals surface area contributed by atoms with Crippen molar-refractivity contribution in [3.05, 3.63) is 22.4 Å². The quantitative estimate of drug-likeness (QED) is 0.803. The molecule has 3 rings (SSSR count). The van der Waals surface area contributed by atoms with Crippen molar-refractivity contribution in [1.29, 1.82) is 0 Å². The van der Waals surface area contributed by atoms with E-state index in [4.69, 9.17) is 4.74 Å². The summed E-state index contributed by atoms with van der Waals surface area (Å²) in [7, 11) is 0. The fraction of sp³-hybridized carbons (Fsp3) is 0.533. The van der Waals surface area contributed by atoms with Gasteiger partial charge in [-0.2, -0.15) is 0 Å². The lowest BCUT2D eigenvalue weighted by Gasteiger charge is -2.22. The van der Waals surface area contributed by atoms with Gasteiger partial charge in [-0.15, -0.1) is 22.7 Å². The van der Waals surface area contributed by atoms with Crippen molar-refractivity contribution >= 4 is 38.0 Å². The molecule has 0 atom stereocenters. The Kier molecular flexibility index (Phi) is 5.24. The lowest BCUT2D eigenvalue weighted by Crippen LogP contribution is -2.33. The Hall–Kier alpha value is -0.950. The summed E-state index contributed by atoms with van der Waals surface area (Å²) in [6, 6.07) is 4.04. The minimum Gasteiger partial charge on any atom is -0.378 e. The molecule has 6 heteroatoms. The third-order valence-corrected chi connectivity index (χ3v) is 5.70. The van der Waals surface area contributed by atoms with Gasteiger partial charge in [0.1, 0.15) is 0 Å². The zero-order valence-corrected chi connectivity index (χ0v) is 13.5. The second-order valence-corrected chi connectivity index (χ2v) is 7.22. The molecule has 2 aromatic heterocycles. The van der Waals surface area contributed by atoms with Crippen LogP contribution in [0.5, 0.6) is 0 Å². The Bertz CT molecular complexity index is 559. The molecule has 114 valence electrons. The first-order valence-corrected chi connectivity index (χ1v) is 9.10. The highest BCUT2D eigenvalue weighted by Crippen LogP contribution is 2.29. The predicted octanol–water partition coefficient (Wildman–Crippen LogP) is 2.85. The van der Waals surface area contributed by atoms with Gasteiger partial charge in [0.2, 0.25) is 0 Å². The van der Waals surface area contributed by atoms with E-state index in [0.29, 0.717) is 12.6 Å². The van der Waals surface area contributed by atoms with E-state index in [1.165, 1.54) is 9.40 Å². The lowest BCUT2D eigenvalue weighted by molar-refractivity contribution is 0.0318. The molecule has 0 aliphatic carbocycles. The molecule has 0 aromatic carbocycles. The molecule has 21 heavy (non-hydrogen) atoms. The van der Waals surface area contributed by atoms with Gasteiger partial charge in [-0.05, 0) is 49.9 Å². The van der Waals surface area contributed by atoms with Crippen molar-refractivity contribution in [2.24, 2.45) is 0 Å². The highest BCUT2D eigenvalue weighted by Gasteiger charge is 2.13. The van der Waals surface area contributed by atoms with E-state index in [0.717, 1.165) is 43.8 Å². The molecule has 0 radical (unpaired) electrons. The molecule has 1 saturated heterocycles. The molecule has 3 heterocycles. The zero-order chi connectivity index (χ0) is 14.5. The number of amides is 1. The molecule has 0 unspecified atom stereocenters. The maximum Gasteiger partial charge on any atom is 0.261 e. The number of nitrogens with one attached hydrogen (secondary N) is 2. The molecule has 4 nitrogen and oxygen atoms in total. The van der Waals surface area contributed by atoms with Crippen molar-refractivity contribution < 1.29 is 9.53 Å². The summed E-state index contributed by atoms with van der Waals surface area (Å²) in [6.07, 6.45) is 3.46. The van der Waals surface area contributed by atoms with Crippen molar-refractivity contribution in [3.8, 4) is 0 Å². The van der Waals surface area contributed by atoms with Gasteiger partial charge in [0, 0.05) is 22.6 Å². The van der Waals surface area contributed by atoms with E-state index in [1.54, 1.807) is 22.7 Å². The number of fused-ring (bicyclic) bond motifs is 1. The van der Waals surface area contributed by atoms with E-state index in [2.05, 4.69) is 22.1 Å². The van der Waals surface area contributed by atoms with Crippen LogP contribution in [0.1, 0.15) is 28.9 Å². The second kappa shape index (κ2) is 7.35. The van der Waals surface area contributed by atoms with Crippen LogP contribution >= 0.6 is 22.7 Å². The monoisotopic (exact) mass is 324 g/mol. The molecule has 0 saturated carbocycles. The van der Waals surface area contributed by atoms with Crippen molar-refractivity contribution in [2.75, 3.05) is 26.2 Å². The molecule has 1 amide bonds. The molecular weight excluding hydrogens is 304 g/mol. The molecular formula is C15H20N2O2S2. The SMILES string of the molecule is O=C(NCCCOC1CCNCC1)c1cc2sccc2s1. The molecule has 2 aromatic rings. The van der Waals surface area contributed by atoms with Crippen LogP contribution in [0.4, 0.5) is 0 Å². The molecule has 1 fully saturated rings. The van der Waals surface area contributed by atoms with Gasteiger partial charge in [-0.3, -0.25) is 4.79 Å². The third-order valence-electron chi connectivity index (χ3n) is 3.61. The van der Waals surface area contributed by atoms with Gasteiger partial charge in [-0.1, -0.05) is 0 Å². The summed E-state index contributed by atoms with van der Waals surface area (Å²) in [5, 5.41) is 8.35. The summed E-state index contributed by atoms with van der Waals surface area (Å²) in [5.41, 5.74) is 0. The molecule has 0 spiro atoms. The molecule has 0 bridgehead atoms. The number of carbonyl (C=O) groups is 1. The van der Waals surface area contributed by atoms with Crippen LogP contribution in [0, 0.1) is 0 Å². The Morgan fingerprint density at radius 2 is 2.24 bits per heavy atom. The Balaban J connectivity index is 1.35. The van der Waals surface area contributed by atoms with Crippen LogP contribution in [0.15, 0.2) is 17.5 Å². The largest absolute Gasteiger partial charge is 0.378 e. The number of hydrogen-bond acceptors (Lipinski definition) is 5. The van der Waals surface area contributed by atoms with Gasteiger partial charge in [0.25, 0.3) is 5.91 Å². The van der Waals surface area contributed by atoms with Gasteiger partial charge in [0.15, 0.2) is 0 Å². The lowest BCUT2D eigenvalue weighted by atomic mass is 10.1. The molecule has 1 aliphatic rings. The first-order chi connectivity index (χ1) is 10.3. The molecule has 2 N–H and O–H groups in total. The number of hydrogen-bond donors (Lipinski definition) is 2. The predicted molar refractivity (Wildman–Crippen MR) is 88.5 cm³/mol. The van der Waals surface area contributed by atoms with Crippen LogP contribution < -0.4 is 10.6 Å². The first kappa shape index (κ1) is 15.0. The van der Waals surface area contributed by atoms with Gasteiger partial charge in [-0.25, -0.2) is 0 Å². The van der Waals surface area contributed by atoms with Crippen molar-refractivity contribution in [3.63, 3.8) is 0 Å². The highest BCUT2D eigenvalue weighted by atomic mass is 32.1. The highest BCUT2D eigenvalue weighted by molar-refractivity contribution is 7.27. The van der Waals surface area contributed by atoms with Crippen LogP contribution in [0.2, 0.25) is 0 Å². The number of piperidine rings is 1. The van der Waals surface area contributed by atoms with Crippen molar-refractivity contribution in [1.82, 2.24) is 10.6 Å². The fourth-order valence-electron chi connectivity index (χ4n) is 2.45. The minimum atomic E-state index is 0.0327. The summed E-state index contributed by atoms with van der Waals surface area (Å²) < 4.78 is 8.21. The average Bonchev–Trinajstić information content (AvgIpc) is 3.09. The van der Waals surface area contributed by atoms with Gasteiger partial charge >= 0.3 is 0 Å². The maximum atomic E-state index is 12.0. The van der Waals surface area contributed by atoms with Crippen LogP contribution in [0.25, 0.3) is 9.40 Å². The number of thiophene rings is 2. The average molecular weight is 324 g/mol. The van der Waals surface area contributed by atoms with Crippen molar-refractivity contribution in [2.45, 2.75) is 25.4 Å². The standard InChI is InChI=1S/C15H20N2O2S2/c18-15(14-10-13-12(21-14)4-9-20-13)17-5-1-8-19-11-2-6-16-7-3-11/h4,9-11,16H,1-3,5-8H2,(H,17,18). The smallest absolute Gasteiger partial charge is 0.261 e. The summed E-state index contributed by atoms with van der Waals surface area (Å²) in [5.74, 6) is 0.0327. The summed E-state index contributed by atoms with van der Waals surface area (Å²) in [6.45, 7) is 3.51. The zero-order valence-electron chi connectivity index (χ0n) is 11.9. The fourth-order valence-corrected chi connectivity index (χ4v) is 4.48. The second-order valence-electron chi connectivity index (χ2n) is 5.19. The van der Waals surface area contributed by atoms with E-state index in [1.807, 2.05) is 6.07 Å². The van der Waals surface area contributed by atoms with E-state index >= 15 is 0 Å². The topological polar surface area (TPSA) is 50.4 Å². The van der Waals surface area contributed by atoms with E-state index < -0.39 is 0 Å². The summed E-state index contributed by atoms with van der Waals surface area (Å²) in [4.78, 5) is 12.8. The Labute approximate surface area is 132 Å². The first-order valence-electron chi connectivity index (χ1n) is 7.40. The minimum absolute atomic E-state index is 0.0327. The Morgan fingerprint density at radius 1 is 1.38 bits per heavy atom. The number of rotatable bonds is 6. The summed E-state index contributed by atoms with van der Waals surface area (Å²) >= 11 is 3.24. The number of carbonyl (C=O) groups excluding carboxylic acids is 1. The number of ether oxygens (including phenoxy) is 1. The normalized spacial score (nSPS) is 16.4. The third kappa shape index (κ3) is 4.03. The van der Waals surface area contributed by atoms with Gasteiger partial charge in [0.05, 0.1) is 11.0 Å². The van der Waals surface area contributed by atoms with E-state index in [9.17, 15) is 4.79 Å². The van der Waals surface area contributed by atoms with Crippen LogP contribution in [0.3, 0.4) is 0 Å².